The van der Waals surface area contributed by atoms with E-state index in [1.807, 2.05) is 0 Å². The second kappa shape index (κ2) is 5.86. The van der Waals surface area contributed by atoms with Crippen LogP contribution >= 0.6 is 0 Å². The minimum Gasteiger partial charge on any atom is -0.316 e. The maximum atomic E-state index is 3.58. The van der Waals surface area contributed by atoms with Crippen LogP contribution in [0, 0.1) is 5.92 Å². The van der Waals surface area contributed by atoms with Crippen molar-refractivity contribution in [1.29, 1.82) is 0 Å². The lowest BCUT2D eigenvalue weighted by Crippen LogP contribution is -2.39. The van der Waals surface area contributed by atoms with E-state index in [9.17, 15) is 0 Å². The van der Waals surface area contributed by atoms with E-state index >= 15 is 0 Å². The number of hydrogen-bond donors (Lipinski definition) is 1. The van der Waals surface area contributed by atoms with Crippen LogP contribution in [0.1, 0.15) is 45.4 Å². The van der Waals surface area contributed by atoms with Gasteiger partial charge in [-0.25, -0.2) is 0 Å². The van der Waals surface area contributed by atoms with Crippen LogP contribution < -0.4 is 5.32 Å². The molecule has 2 nitrogen and oxygen atoms in total. The molecular weight excluding hydrogens is 184 g/mol. The summed E-state index contributed by atoms with van der Waals surface area (Å²) >= 11 is 0. The summed E-state index contributed by atoms with van der Waals surface area (Å²) in [5.41, 5.74) is 0. The Morgan fingerprint density at radius 3 is 2.80 bits per heavy atom. The van der Waals surface area contributed by atoms with E-state index in [0.717, 1.165) is 12.0 Å². The van der Waals surface area contributed by atoms with Gasteiger partial charge in [0.1, 0.15) is 0 Å². The molecule has 15 heavy (non-hydrogen) atoms. The summed E-state index contributed by atoms with van der Waals surface area (Å²) in [6, 6.07) is 0.835. The van der Waals surface area contributed by atoms with E-state index in [2.05, 4.69) is 17.1 Å². The Morgan fingerprint density at radius 2 is 2.07 bits per heavy atom. The minimum absolute atomic E-state index is 0.835. The summed E-state index contributed by atoms with van der Waals surface area (Å²) < 4.78 is 0. The van der Waals surface area contributed by atoms with E-state index in [4.69, 9.17) is 0 Å². The largest absolute Gasteiger partial charge is 0.316 e. The van der Waals surface area contributed by atoms with Gasteiger partial charge in [0.05, 0.1) is 0 Å². The monoisotopic (exact) mass is 210 g/mol. The van der Waals surface area contributed by atoms with E-state index < -0.39 is 0 Å². The summed E-state index contributed by atoms with van der Waals surface area (Å²) in [5, 5.41) is 3.58. The summed E-state index contributed by atoms with van der Waals surface area (Å²) in [6.07, 6.45) is 8.54. The first kappa shape index (κ1) is 11.4. The average molecular weight is 210 g/mol. The molecule has 0 bridgehead atoms. The summed E-state index contributed by atoms with van der Waals surface area (Å²) in [7, 11) is 0. The molecule has 2 fully saturated rings. The van der Waals surface area contributed by atoms with Gasteiger partial charge in [0.2, 0.25) is 0 Å². The van der Waals surface area contributed by atoms with Crippen LogP contribution in [0.3, 0.4) is 0 Å². The molecule has 1 saturated heterocycles. The number of piperidine rings is 1. The highest BCUT2D eigenvalue weighted by Gasteiger charge is 2.20. The summed E-state index contributed by atoms with van der Waals surface area (Å²) in [5.74, 6) is 1.03. The van der Waals surface area contributed by atoms with Gasteiger partial charge in [0.25, 0.3) is 0 Å². The van der Waals surface area contributed by atoms with Crippen LogP contribution in [0.5, 0.6) is 0 Å². The third kappa shape index (κ3) is 4.12. The standard InChI is InChI=1S/C13H26N2/c1-12-5-2-3-9-15(12)10-4-8-14-11-13-6-7-13/h12-14H,2-11H2,1H3. The van der Waals surface area contributed by atoms with E-state index in [-0.39, 0.29) is 0 Å². The first-order chi connectivity index (χ1) is 7.36. The van der Waals surface area contributed by atoms with Gasteiger partial charge < -0.3 is 10.2 Å². The van der Waals surface area contributed by atoms with Crippen molar-refractivity contribution in [3.8, 4) is 0 Å². The molecule has 0 spiro atoms. The van der Waals surface area contributed by atoms with Crippen LogP contribution in [-0.4, -0.2) is 37.1 Å². The number of likely N-dealkylation sites (tertiary alicyclic amines) is 1. The van der Waals surface area contributed by atoms with Crippen molar-refractivity contribution in [2.75, 3.05) is 26.2 Å². The van der Waals surface area contributed by atoms with Gasteiger partial charge in [-0.1, -0.05) is 6.42 Å². The highest BCUT2D eigenvalue weighted by atomic mass is 15.2. The first-order valence-corrected chi connectivity index (χ1v) is 6.81. The van der Waals surface area contributed by atoms with Gasteiger partial charge in [-0.15, -0.1) is 0 Å². The topological polar surface area (TPSA) is 15.3 Å². The van der Waals surface area contributed by atoms with E-state index in [1.165, 1.54) is 64.7 Å². The number of nitrogens with one attached hydrogen (secondary N) is 1. The molecule has 1 unspecified atom stereocenters. The third-order valence-corrected chi connectivity index (χ3v) is 3.87. The second-order valence-electron chi connectivity index (χ2n) is 5.38. The molecule has 2 heteroatoms. The molecule has 88 valence electrons. The average Bonchev–Trinajstić information content (AvgIpc) is 3.04. The second-order valence-corrected chi connectivity index (χ2v) is 5.38. The molecule has 1 aliphatic carbocycles. The molecule has 1 saturated carbocycles. The normalized spacial score (nSPS) is 28.2. The molecule has 0 radical (unpaired) electrons. The Morgan fingerprint density at radius 1 is 1.20 bits per heavy atom. The van der Waals surface area contributed by atoms with Crippen LogP contribution in [0.15, 0.2) is 0 Å². The fraction of sp³-hybridized carbons (Fsp3) is 1.00. The van der Waals surface area contributed by atoms with Gasteiger partial charge in [-0.2, -0.15) is 0 Å². The number of rotatable bonds is 6. The molecule has 0 aromatic heterocycles. The lowest BCUT2D eigenvalue weighted by molar-refractivity contribution is 0.159. The Hall–Kier alpha value is -0.0800. The van der Waals surface area contributed by atoms with Crippen LogP contribution in [0.4, 0.5) is 0 Å². The minimum atomic E-state index is 0.835. The molecule has 0 aromatic carbocycles. The predicted octanol–water partition coefficient (Wildman–Crippen LogP) is 2.25. The first-order valence-electron chi connectivity index (χ1n) is 6.81. The van der Waals surface area contributed by atoms with Crippen molar-refractivity contribution < 1.29 is 0 Å². The zero-order valence-electron chi connectivity index (χ0n) is 10.2. The van der Waals surface area contributed by atoms with Crippen molar-refractivity contribution in [3.63, 3.8) is 0 Å². The van der Waals surface area contributed by atoms with Crippen LogP contribution in [-0.2, 0) is 0 Å². The van der Waals surface area contributed by atoms with Gasteiger partial charge >= 0.3 is 0 Å². The molecule has 1 atom stereocenters. The van der Waals surface area contributed by atoms with Crippen molar-refractivity contribution >= 4 is 0 Å². The molecule has 0 aromatic rings. The summed E-state index contributed by atoms with van der Waals surface area (Å²) in [4.78, 5) is 2.67. The zero-order valence-corrected chi connectivity index (χ0v) is 10.2. The zero-order chi connectivity index (χ0) is 10.5. The van der Waals surface area contributed by atoms with Gasteiger partial charge in [-0.05, 0) is 71.1 Å². The maximum Gasteiger partial charge on any atom is 0.00669 e. The smallest absolute Gasteiger partial charge is 0.00669 e. The van der Waals surface area contributed by atoms with E-state index in [1.54, 1.807) is 0 Å². The molecule has 2 aliphatic rings. The third-order valence-electron chi connectivity index (χ3n) is 3.87. The molecule has 1 aliphatic heterocycles. The van der Waals surface area contributed by atoms with Gasteiger partial charge in [-0.3, -0.25) is 0 Å². The molecule has 1 heterocycles. The Balaban J connectivity index is 1.48. The fourth-order valence-electron chi connectivity index (χ4n) is 2.53. The fourth-order valence-corrected chi connectivity index (χ4v) is 2.53. The Bertz CT molecular complexity index is 177. The highest BCUT2D eigenvalue weighted by molar-refractivity contribution is 4.76. The highest BCUT2D eigenvalue weighted by Crippen LogP contribution is 2.27. The lowest BCUT2D eigenvalue weighted by atomic mass is 10.0. The van der Waals surface area contributed by atoms with Crippen molar-refractivity contribution in [3.05, 3.63) is 0 Å². The van der Waals surface area contributed by atoms with Crippen LogP contribution in [0.2, 0.25) is 0 Å². The number of hydrogen-bond acceptors (Lipinski definition) is 2. The lowest BCUT2D eigenvalue weighted by Gasteiger charge is -2.33. The maximum absolute atomic E-state index is 3.58. The molecule has 2 rings (SSSR count). The summed E-state index contributed by atoms with van der Waals surface area (Å²) in [6.45, 7) is 7.52. The van der Waals surface area contributed by atoms with E-state index in [0.29, 0.717) is 0 Å². The number of nitrogens with zero attached hydrogens (tertiary/aromatic N) is 1. The molecule has 1 N–H and O–H groups in total. The van der Waals surface area contributed by atoms with Gasteiger partial charge in [0.15, 0.2) is 0 Å². The molecule has 0 amide bonds. The quantitative estimate of drug-likeness (QED) is 0.676. The van der Waals surface area contributed by atoms with Gasteiger partial charge in [0, 0.05) is 6.04 Å². The Labute approximate surface area is 94.4 Å². The van der Waals surface area contributed by atoms with Crippen LogP contribution in [0.25, 0.3) is 0 Å². The van der Waals surface area contributed by atoms with Crippen molar-refractivity contribution in [2.45, 2.75) is 51.5 Å². The Kier molecular flexibility index (Phi) is 4.45. The van der Waals surface area contributed by atoms with Crippen molar-refractivity contribution in [2.24, 2.45) is 5.92 Å². The van der Waals surface area contributed by atoms with Crippen molar-refractivity contribution in [1.82, 2.24) is 10.2 Å². The SMILES string of the molecule is CC1CCCCN1CCCNCC1CC1. The predicted molar refractivity (Wildman–Crippen MR) is 65.1 cm³/mol. The molecular formula is C13H26N2.